The van der Waals surface area contributed by atoms with Crippen molar-refractivity contribution in [2.75, 3.05) is 32.7 Å². The number of carbonyl (C=O) groups excluding carboxylic acids is 1. The smallest absolute Gasteiger partial charge is 0.350 e. The Bertz CT molecular complexity index is 655. The molecule has 26 heavy (non-hydrogen) atoms. The van der Waals surface area contributed by atoms with E-state index in [4.69, 9.17) is 11.6 Å². The lowest BCUT2D eigenvalue weighted by atomic mass is 10.1. The summed E-state index contributed by atoms with van der Waals surface area (Å²) in [5.41, 5.74) is -0.427. The second-order valence-electron chi connectivity index (χ2n) is 5.47. The molecule has 1 fully saturated rings. The summed E-state index contributed by atoms with van der Waals surface area (Å²) in [6, 6.07) is 1.35. The first kappa shape index (κ1) is 22.4. The minimum atomic E-state index is -4.50. The van der Waals surface area contributed by atoms with Crippen LogP contribution in [0.1, 0.15) is 10.4 Å². The van der Waals surface area contributed by atoms with Crippen LogP contribution in [0.4, 0.5) is 18.9 Å². The summed E-state index contributed by atoms with van der Waals surface area (Å²) in [6.45, 7) is 0.690. The van der Waals surface area contributed by atoms with Gasteiger partial charge in [-0.05, 0) is 6.07 Å². The molecular formula is C14H17Cl2F3N4O3. The van der Waals surface area contributed by atoms with Gasteiger partial charge in [-0.3, -0.25) is 19.8 Å². The SMILES string of the molecule is Cl.O=C(NCC(N1CCNCC1)C(F)(F)F)c1ccc([N+](=O)[O-])cc1Cl. The van der Waals surface area contributed by atoms with Gasteiger partial charge in [0.2, 0.25) is 0 Å². The second-order valence-corrected chi connectivity index (χ2v) is 5.88. The molecule has 0 aromatic heterocycles. The molecule has 1 aromatic rings. The lowest BCUT2D eigenvalue weighted by Crippen LogP contribution is -2.57. The zero-order valence-corrected chi connectivity index (χ0v) is 15.0. The first-order valence-corrected chi connectivity index (χ1v) is 7.81. The number of piperazine rings is 1. The van der Waals surface area contributed by atoms with Crippen molar-refractivity contribution >= 4 is 35.6 Å². The molecule has 7 nitrogen and oxygen atoms in total. The van der Waals surface area contributed by atoms with Gasteiger partial charge in [0.05, 0.1) is 15.5 Å². The Kier molecular flexibility index (Phi) is 8.07. The van der Waals surface area contributed by atoms with Crippen LogP contribution in [0.5, 0.6) is 0 Å². The molecule has 1 atom stereocenters. The topological polar surface area (TPSA) is 87.5 Å². The van der Waals surface area contributed by atoms with Crippen LogP contribution in [0, 0.1) is 10.1 Å². The number of non-ortho nitro benzene ring substituents is 1. The summed E-state index contributed by atoms with van der Waals surface area (Å²) in [4.78, 5) is 23.3. The molecule has 1 saturated heterocycles. The standard InChI is InChI=1S/C14H16ClF3N4O3.ClH/c15-11-7-9(22(24)25)1-2-10(11)13(23)20-8-12(14(16,17)18)21-5-3-19-4-6-21;/h1-2,7,12,19H,3-6,8H2,(H,20,23);1H. The molecule has 0 spiro atoms. The number of amides is 1. The van der Waals surface area contributed by atoms with E-state index in [2.05, 4.69) is 10.6 Å². The fraction of sp³-hybridized carbons (Fsp3) is 0.500. The van der Waals surface area contributed by atoms with Gasteiger partial charge in [-0.15, -0.1) is 12.4 Å². The molecule has 0 bridgehead atoms. The molecule has 2 N–H and O–H groups in total. The minimum Gasteiger partial charge on any atom is -0.350 e. The van der Waals surface area contributed by atoms with E-state index in [1.807, 2.05) is 0 Å². The zero-order chi connectivity index (χ0) is 18.6. The van der Waals surface area contributed by atoms with Gasteiger partial charge < -0.3 is 10.6 Å². The van der Waals surface area contributed by atoms with E-state index >= 15 is 0 Å². The molecule has 1 unspecified atom stereocenters. The maximum Gasteiger partial charge on any atom is 0.405 e. The number of benzene rings is 1. The highest BCUT2D eigenvalue weighted by Gasteiger charge is 2.43. The van der Waals surface area contributed by atoms with Crippen LogP contribution in [-0.2, 0) is 0 Å². The summed E-state index contributed by atoms with van der Waals surface area (Å²) < 4.78 is 39.8. The summed E-state index contributed by atoms with van der Waals surface area (Å²) in [6.07, 6.45) is -4.50. The Morgan fingerprint density at radius 2 is 2.00 bits per heavy atom. The van der Waals surface area contributed by atoms with E-state index in [0.717, 1.165) is 18.2 Å². The summed E-state index contributed by atoms with van der Waals surface area (Å²) >= 11 is 5.82. The summed E-state index contributed by atoms with van der Waals surface area (Å²) in [7, 11) is 0. The predicted octanol–water partition coefficient (Wildman–Crippen LogP) is 2.24. The molecular weight excluding hydrogens is 400 g/mol. The summed E-state index contributed by atoms with van der Waals surface area (Å²) in [5.74, 6) is -0.815. The van der Waals surface area contributed by atoms with Crippen molar-refractivity contribution < 1.29 is 22.9 Å². The molecule has 0 radical (unpaired) electrons. The highest BCUT2D eigenvalue weighted by Crippen LogP contribution is 2.26. The van der Waals surface area contributed by atoms with Crippen molar-refractivity contribution in [1.82, 2.24) is 15.5 Å². The van der Waals surface area contributed by atoms with E-state index in [-0.39, 0.29) is 41.8 Å². The monoisotopic (exact) mass is 416 g/mol. The van der Waals surface area contributed by atoms with E-state index < -0.39 is 29.6 Å². The Morgan fingerprint density at radius 1 is 1.38 bits per heavy atom. The minimum absolute atomic E-state index is 0. The molecule has 0 aliphatic carbocycles. The van der Waals surface area contributed by atoms with Crippen molar-refractivity contribution in [3.63, 3.8) is 0 Å². The van der Waals surface area contributed by atoms with Crippen LogP contribution >= 0.6 is 24.0 Å². The Hall–Kier alpha value is -1.62. The van der Waals surface area contributed by atoms with E-state index in [9.17, 15) is 28.1 Å². The average Bonchev–Trinajstić information content (AvgIpc) is 2.54. The predicted molar refractivity (Wildman–Crippen MR) is 92.0 cm³/mol. The maximum atomic E-state index is 13.3. The lowest BCUT2D eigenvalue weighted by molar-refractivity contribution is -0.384. The van der Waals surface area contributed by atoms with Crippen LogP contribution in [0.25, 0.3) is 0 Å². The van der Waals surface area contributed by atoms with Gasteiger partial charge in [-0.25, -0.2) is 0 Å². The average molecular weight is 417 g/mol. The van der Waals surface area contributed by atoms with Gasteiger partial charge in [-0.1, -0.05) is 11.6 Å². The molecule has 12 heteroatoms. The quantitative estimate of drug-likeness (QED) is 0.567. The van der Waals surface area contributed by atoms with Crippen molar-refractivity contribution in [3.8, 4) is 0 Å². The number of hydrogen-bond acceptors (Lipinski definition) is 5. The molecule has 1 aliphatic heterocycles. The van der Waals surface area contributed by atoms with Gasteiger partial charge in [0, 0.05) is 44.9 Å². The fourth-order valence-electron chi connectivity index (χ4n) is 2.53. The number of nitrogens with one attached hydrogen (secondary N) is 2. The molecule has 1 aromatic carbocycles. The normalized spacial score (nSPS) is 16.5. The van der Waals surface area contributed by atoms with Crippen molar-refractivity contribution in [2.24, 2.45) is 0 Å². The summed E-state index contributed by atoms with van der Waals surface area (Å²) in [5, 5.41) is 15.6. The highest BCUT2D eigenvalue weighted by atomic mass is 35.5. The number of nitro groups is 1. The number of hydrogen-bond donors (Lipinski definition) is 2. The Labute approximate surface area is 158 Å². The first-order valence-electron chi connectivity index (χ1n) is 7.44. The molecule has 1 heterocycles. The largest absolute Gasteiger partial charge is 0.405 e. The second kappa shape index (κ2) is 9.36. The Morgan fingerprint density at radius 3 is 2.50 bits per heavy atom. The highest BCUT2D eigenvalue weighted by molar-refractivity contribution is 6.34. The number of carbonyl (C=O) groups is 1. The number of halogens is 5. The molecule has 146 valence electrons. The van der Waals surface area contributed by atoms with Crippen LogP contribution in [0.2, 0.25) is 5.02 Å². The number of alkyl halides is 3. The van der Waals surface area contributed by atoms with Crippen LogP contribution < -0.4 is 10.6 Å². The number of rotatable bonds is 5. The van der Waals surface area contributed by atoms with Gasteiger partial charge in [0.25, 0.3) is 11.6 Å². The third kappa shape index (κ3) is 5.70. The Balaban J connectivity index is 0.00000338. The maximum absolute atomic E-state index is 13.3. The third-order valence-electron chi connectivity index (χ3n) is 3.83. The van der Waals surface area contributed by atoms with E-state index in [1.54, 1.807) is 0 Å². The van der Waals surface area contributed by atoms with Gasteiger partial charge >= 0.3 is 6.18 Å². The first-order chi connectivity index (χ1) is 11.7. The van der Waals surface area contributed by atoms with Gasteiger partial charge in [-0.2, -0.15) is 13.2 Å². The van der Waals surface area contributed by atoms with Crippen LogP contribution in [0.3, 0.4) is 0 Å². The van der Waals surface area contributed by atoms with Crippen LogP contribution in [-0.4, -0.2) is 60.7 Å². The number of nitrogens with zero attached hydrogens (tertiary/aromatic N) is 2. The van der Waals surface area contributed by atoms with Crippen LogP contribution in [0.15, 0.2) is 18.2 Å². The van der Waals surface area contributed by atoms with Gasteiger partial charge in [0.1, 0.15) is 6.04 Å². The molecule has 2 rings (SSSR count). The van der Waals surface area contributed by atoms with E-state index in [1.165, 1.54) is 4.90 Å². The van der Waals surface area contributed by atoms with Crippen molar-refractivity contribution in [1.29, 1.82) is 0 Å². The van der Waals surface area contributed by atoms with Crippen molar-refractivity contribution in [2.45, 2.75) is 12.2 Å². The van der Waals surface area contributed by atoms with Crippen molar-refractivity contribution in [3.05, 3.63) is 38.9 Å². The molecule has 1 amide bonds. The zero-order valence-electron chi connectivity index (χ0n) is 13.4. The fourth-order valence-corrected chi connectivity index (χ4v) is 2.79. The third-order valence-corrected chi connectivity index (χ3v) is 4.15. The number of nitro benzene ring substituents is 1. The van der Waals surface area contributed by atoms with Gasteiger partial charge in [0.15, 0.2) is 0 Å². The lowest BCUT2D eigenvalue weighted by Gasteiger charge is -2.35. The molecule has 0 saturated carbocycles. The molecule has 1 aliphatic rings. The van der Waals surface area contributed by atoms with E-state index in [0.29, 0.717) is 13.1 Å².